The Kier molecular flexibility index (Phi) is 5.75. The van der Waals surface area contributed by atoms with E-state index in [4.69, 9.17) is 10.2 Å². The zero-order chi connectivity index (χ0) is 18.4. The molecule has 0 bridgehead atoms. The summed E-state index contributed by atoms with van der Waals surface area (Å²) in [5, 5.41) is 14.4. The maximum absolute atomic E-state index is 12.1. The number of thiophene rings is 1. The molecule has 0 spiro atoms. The van der Waals surface area contributed by atoms with Crippen LogP contribution in [0.5, 0.6) is 0 Å². The minimum absolute atomic E-state index is 0.129. The first kappa shape index (κ1) is 17.8. The first-order chi connectivity index (χ1) is 12.6. The van der Waals surface area contributed by atoms with E-state index in [9.17, 15) is 9.59 Å². The second-order valence-electron chi connectivity index (χ2n) is 5.73. The highest BCUT2D eigenvalue weighted by atomic mass is 32.1. The fraction of sp³-hybridized carbons (Fsp3) is 0.222. The van der Waals surface area contributed by atoms with Gasteiger partial charge in [0.15, 0.2) is 0 Å². The molecule has 0 saturated carbocycles. The number of aromatic nitrogens is 2. The molecule has 3 aromatic rings. The van der Waals surface area contributed by atoms with Gasteiger partial charge < -0.3 is 15.5 Å². The Morgan fingerprint density at radius 3 is 2.69 bits per heavy atom. The number of carbonyl (C=O) groups is 2. The number of amides is 2. The number of benzene rings is 1. The lowest BCUT2D eigenvalue weighted by Crippen LogP contribution is -2.45. The second-order valence-corrected chi connectivity index (χ2v) is 6.51. The summed E-state index contributed by atoms with van der Waals surface area (Å²) in [6.07, 6.45) is 0.772. The van der Waals surface area contributed by atoms with Crippen LogP contribution in [0.3, 0.4) is 0 Å². The van der Waals surface area contributed by atoms with Gasteiger partial charge in [-0.05, 0) is 17.0 Å². The minimum Gasteiger partial charge on any atom is -0.421 e. The fourth-order valence-electron chi connectivity index (χ4n) is 2.42. The van der Waals surface area contributed by atoms with Crippen LogP contribution in [0, 0.1) is 0 Å². The summed E-state index contributed by atoms with van der Waals surface area (Å²) in [4.78, 5) is 23.8. The minimum atomic E-state index is -0.756. The Balaban J connectivity index is 1.53. The largest absolute Gasteiger partial charge is 0.421 e. The van der Waals surface area contributed by atoms with E-state index in [0.29, 0.717) is 24.6 Å². The van der Waals surface area contributed by atoms with Gasteiger partial charge in [-0.3, -0.25) is 9.59 Å². The molecule has 26 heavy (non-hydrogen) atoms. The zero-order valence-electron chi connectivity index (χ0n) is 13.9. The number of nitrogens with zero attached hydrogens (tertiary/aromatic N) is 2. The van der Waals surface area contributed by atoms with Crippen LogP contribution < -0.4 is 11.1 Å². The number of carbonyl (C=O) groups excluding carboxylic acids is 2. The topological polar surface area (TPSA) is 111 Å². The van der Waals surface area contributed by atoms with Crippen molar-refractivity contribution >= 4 is 23.2 Å². The normalized spacial score (nSPS) is 11.8. The van der Waals surface area contributed by atoms with E-state index in [-0.39, 0.29) is 12.3 Å². The Morgan fingerprint density at radius 2 is 2.00 bits per heavy atom. The van der Waals surface area contributed by atoms with Gasteiger partial charge >= 0.3 is 0 Å². The van der Waals surface area contributed by atoms with Gasteiger partial charge in [-0.1, -0.05) is 30.3 Å². The van der Waals surface area contributed by atoms with Crippen LogP contribution in [-0.4, -0.2) is 28.1 Å². The third-order valence-corrected chi connectivity index (χ3v) is 4.45. The highest BCUT2D eigenvalue weighted by Gasteiger charge is 2.19. The number of nitrogens with two attached hydrogens (primary N) is 1. The smallest absolute Gasteiger partial charge is 0.248 e. The lowest BCUT2D eigenvalue weighted by Gasteiger charge is -2.15. The molecule has 0 unspecified atom stereocenters. The molecule has 1 atom stereocenters. The molecular weight excluding hydrogens is 352 g/mol. The molecule has 2 aromatic heterocycles. The summed E-state index contributed by atoms with van der Waals surface area (Å²) >= 11 is 1.54. The lowest BCUT2D eigenvalue weighted by atomic mass is 10.1. The van der Waals surface area contributed by atoms with Gasteiger partial charge in [0, 0.05) is 30.2 Å². The van der Waals surface area contributed by atoms with E-state index < -0.39 is 11.9 Å². The lowest BCUT2D eigenvalue weighted by molar-refractivity contribution is -0.127. The molecule has 3 N–H and O–H groups in total. The molecule has 0 aliphatic heterocycles. The monoisotopic (exact) mass is 370 g/mol. The average Bonchev–Trinajstić information content (AvgIpc) is 3.31. The van der Waals surface area contributed by atoms with E-state index >= 15 is 0 Å². The van der Waals surface area contributed by atoms with Crippen molar-refractivity contribution in [3.63, 3.8) is 0 Å². The summed E-state index contributed by atoms with van der Waals surface area (Å²) in [6, 6.07) is 10.5. The van der Waals surface area contributed by atoms with Gasteiger partial charge in [-0.15, -0.1) is 10.2 Å². The van der Waals surface area contributed by atoms with E-state index in [1.807, 2.05) is 47.2 Å². The number of primary amides is 1. The number of nitrogens with one attached hydrogen (secondary N) is 1. The molecule has 0 fully saturated rings. The van der Waals surface area contributed by atoms with Gasteiger partial charge in [-0.25, -0.2) is 0 Å². The molecule has 0 saturated heterocycles. The summed E-state index contributed by atoms with van der Waals surface area (Å²) in [5.74, 6) is -0.0551. The molecule has 134 valence electrons. The molecular formula is C18H18N4O3S. The third kappa shape index (κ3) is 4.76. The van der Waals surface area contributed by atoms with E-state index in [1.165, 1.54) is 11.3 Å². The van der Waals surface area contributed by atoms with E-state index in [1.54, 1.807) is 0 Å². The predicted molar refractivity (Wildman–Crippen MR) is 97.2 cm³/mol. The number of hydrogen-bond acceptors (Lipinski definition) is 6. The van der Waals surface area contributed by atoms with Gasteiger partial charge in [0.1, 0.15) is 6.04 Å². The Morgan fingerprint density at radius 1 is 1.19 bits per heavy atom. The maximum Gasteiger partial charge on any atom is 0.248 e. The molecule has 0 aliphatic rings. The van der Waals surface area contributed by atoms with Gasteiger partial charge in [-0.2, -0.15) is 11.3 Å². The first-order valence-corrected chi connectivity index (χ1v) is 9.03. The summed E-state index contributed by atoms with van der Waals surface area (Å²) in [7, 11) is 0. The van der Waals surface area contributed by atoms with Gasteiger partial charge in [0.2, 0.25) is 23.6 Å². The van der Waals surface area contributed by atoms with Gasteiger partial charge in [0.05, 0.1) is 0 Å². The van der Waals surface area contributed by atoms with E-state index in [0.717, 1.165) is 11.1 Å². The highest BCUT2D eigenvalue weighted by molar-refractivity contribution is 7.08. The van der Waals surface area contributed by atoms with Crippen molar-refractivity contribution in [2.75, 3.05) is 0 Å². The molecule has 2 heterocycles. The number of hydrogen-bond donors (Lipinski definition) is 2. The first-order valence-electron chi connectivity index (χ1n) is 8.09. The van der Waals surface area contributed by atoms with E-state index in [2.05, 4.69) is 15.5 Å². The Hall–Kier alpha value is -3.00. The Bertz CT molecular complexity index is 862. The van der Waals surface area contributed by atoms with Crippen molar-refractivity contribution in [3.05, 3.63) is 58.6 Å². The second kappa shape index (κ2) is 8.39. The maximum atomic E-state index is 12.1. The van der Waals surface area contributed by atoms with Crippen LogP contribution in [0.1, 0.15) is 17.9 Å². The summed E-state index contributed by atoms with van der Waals surface area (Å²) < 4.78 is 5.54. The summed E-state index contributed by atoms with van der Waals surface area (Å²) in [6.45, 7) is 0. The Labute approximate surface area is 154 Å². The summed E-state index contributed by atoms with van der Waals surface area (Å²) in [5.41, 5.74) is 7.19. The molecule has 3 rings (SSSR count). The van der Waals surface area contributed by atoms with Crippen LogP contribution in [-0.2, 0) is 22.4 Å². The standard InChI is InChI=1S/C18H18N4O3S/c19-17(24)14(10-12-4-2-1-3-5-12)20-15(23)6-7-16-21-22-18(25-16)13-8-9-26-11-13/h1-5,8-9,11,14H,6-7,10H2,(H2,19,24)(H,20,23)/t14-/m0/s1. The number of rotatable bonds is 8. The quantitative estimate of drug-likeness (QED) is 0.629. The SMILES string of the molecule is NC(=O)[C@H](Cc1ccccc1)NC(=O)CCc1nnc(-c2ccsc2)o1. The molecule has 1 aromatic carbocycles. The molecule has 7 nitrogen and oxygen atoms in total. The van der Waals surface area contributed by atoms with Crippen molar-refractivity contribution < 1.29 is 14.0 Å². The van der Waals surface area contributed by atoms with Crippen LogP contribution in [0.25, 0.3) is 11.5 Å². The van der Waals surface area contributed by atoms with Crippen molar-refractivity contribution in [2.45, 2.75) is 25.3 Å². The van der Waals surface area contributed by atoms with Crippen LogP contribution in [0.4, 0.5) is 0 Å². The third-order valence-electron chi connectivity index (χ3n) is 3.76. The van der Waals surface area contributed by atoms with Crippen LogP contribution >= 0.6 is 11.3 Å². The highest BCUT2D eigenvalue weighted by Crippen LogP contribution is 2.20. The fourth-order valence-corrected chi connectivity index (χ4v) is 3.05. The van der Waals surface area contributed by atoms with Gasteiger partial charge in [0.25, 0.3) is 0 Å². The average molecular weight is 370 g/mol. The molecule has 0 aliphatic carbocycles. The predicted octanol–water partition coefficient (Wildman–Crippen LogP) is 1.94. The van der Waals surface area contributed by atoms with Crippen molar-refractivity contribution in [1.29, 1.82) is 0 Å². The van der Waals surface area contributed by atoms with Crippen LogP contribution in [0.2, 0.25) is 0 Å². The van der Waals surface area contributed by atoms with Crippen LogP contribution in [0.15, 0.2) is 51.6 Å². The number of aryl methyl sites for hydroxylation is 1. The molecule has 8 heteroatoms. The van der Waals surface area contributed by atoms with Crippen molar-refractivity contribution in [2.24, 2.45) is 5.73 Å². The molecule has 0 radical (unpaired) electrons. The molecule has 2 amide bonds. The zero-order valence-corrected chi connectivity index (χ0v) is 14.7. The van der Waals surface area contributed by atoms with Crippen molar-refractivity contribution in [1.82, 2.24) is 15.5 Å². The van der Waals surface area contributed by atoms with Crippen molar-refractivity contribution in [3.8, 4) is 11.5 Å².